The maximum absolute atomic E-state index is 10.6. The fraction of sp³-hybridized carbons (Fsp3) is 0.364. The van der Waals surface area contributed by atoms with E-state index < -0.39 is 6.03 Å². The molecule has 15 heavy (non-hydrogen) atoms. The van der Waals surface area contributed by atoms with E-state index in [4.69, 9.17) is 5.73 Å². The van der Waals surface area contributed by atoms with Gasteiger partial charge in [-0.15, -0.1) is 0 Å². The van der Waals surface area contributed by atoms with Crippen LogP contribution in [-0.4, -0.2) is 11.1 Å². The molecule has 0 atom stereocenters. The largest absolute Gasteiger partial charge is 0.508 e. The number of amides is 2. The van der Waals surface area contributed by atoms with Gasteiger partial charge in [0.1, 0.15) is 5.75 Å². The predicted octanol–water partition coefficient (Wildman–Crippen LogP) is 1.68. The van der Waals surface area contributed by atoms with E-state index >= 15 is 0 Å². The maximum Gasteiger partial charge on any atom is 0.312 e. The Hall–Kier alpha value is -1.71. The molecule has 0 aliphatic rings. The second-order valence-corrected chi connectivity index (χ2v) is 3.76. The first-order valence-electron chi connectivity index (χ1n) is 4.85. The summed E-state index contributed by atoms with van der Waals surface area (Å²) >= 11 is 0. The second kappa shape index (κ2) is 4.68. The van der Waals surface area contributed by atoms with Gasteiger partial charge in [0.15, 0.2) is 0 Å². The van der Waals surface area contributed by atoms with Gasteiger partial charge in [-0.2, -0.15) is 0 Å². The minimum absolute atomic E-state index is 0.195. The highest BCUT2D eigenvalue weighted by atomic mass is 16.3. The predicted molar refractivity (Wildman–Crippen MR) is 58.6 cm³/mol. The van der Waals surface area contributed by atoms with Crippen LogP contribution in [-0.2, 0) is 6.54 Å². The molecule has 1 aromatic rings. The van der Waals surface area contributed by atoms with Crippen LogP contribution in [0.25, 0.3) is 0 Å². The number of hydrogen-bond acceptors (Lipinski definition) is 2. The Balaban J connectivity index is 2.91. The number of nitrogens with two attached hydrogens (primary N) is 1. The molecule has 0 bridgehead atoms. The quantitative estimate of drug-likeness (QED) is 0.707. The number of carbonyl (C=O) groups excluding carboxylic acids is 1. The van der Waals surface area contributed by atoms with E-state index in [0.717, 1.165) is 11.1 Å². The summed E-state index contributed by atoms with van der Waals surface area (Å²) in [6.45, 7) is 4.46. The van der Waals surface area contributed by atoms with Gasteiger partial charge in [0, 0.05) is 6.54 Å². The molecule has 82 valence electrons. The average molecular weight is 208 g/mol. The summed E-state index contributed by atoms with van der Waals surface area (Å²) in [5.74, 6) is 0.538. The number of aromatic hydroxyl groups is 1. The van der Waals surface area contributed by atoms with Gasteiger partial charge in [0.05, 0.1) is 0 Å². The molecule has 0 saturated carbocycles. The SMILES string of the molecule is CC(C)c1ccc(O)cc1CNC(N)=O. The highest BCUT2D eigenvalue weighted by molar-refractivity contribution is 5.71. The smallest absolute Gasteiger partial charge is 0.312 e. The summed E-state index contributed by atoms with van der Waals surface area (Å²) in [7, 11) is 0. The molecule has 0 fully saturated rings. The molecule has 0 saturated heterocycles. The van der Waals surface area contributed by atoms with E-state index in [9.17, 15) is 9.90 Å². The van der Waals surface area contributed by atoms with E-state index in [1.165, 1.54) is 0 Å². The lowest BCUT2D eigenvalue weighted by molar-refractivity contribution is 0.248. The highest BCUT2D eigenvalue weighted by Crippen LogP contribution is 2.23. The molecule has 1 aromatic carbocycles. The third-order valence-electron chi connectivity index (χ3n) is 2.20. The summed E-state index contributed by atoms with van der Waals surface area (Å²) in [5, 5.41) is 11.9. The zero-order valence-electron chi connectivity index (χ0n) is 8.95. The number of carbonyl (C=O) groups is 1. The Kier molecular flexibility index (Phi) is 3.55. The van der Waals surface area contributed by atoms with Crippen molar-refractivity contribution < 1.29 is 9.90 Å². The van der Waals surface area contributed by atoms with Crippen molar-refractivity contribution >= 4 is 6.03 Å². The molecule has 0 aliphatic carbocycles. The van der Waals surface area contributed by atoms with E-state index in [-0.39, 0.29) is 5.75 Å². The van der Waals surface area contributed by atoms with Gasteiger partial charge in [-0.25, -0.2) is 4.79 Å². The van der Waals surface area contributed by atoms with Gasteiger partial charge < -0.3 is 16.2 Å². The van der Waals surface area contributed by atoms with E-state index in [1.54, 1.807) is 12.1 Å². The van der Waals surface area contributed by atoms with Crippen molar-refractivity contribution in [1.82, 2.24) is 5.32 Å². The van der Waals surface area contributed by atoms with Crippen LogP contribution in [0.1, 0.15) is 30.9 Å². The molecule has 4 nitrogen and oxygen atoms in total. The summed E-state index contributed by atoms with van der Waals surface area (Å²) in [6.07, 6.45) is 0. The number of primary amides is 1. The lowest BCUT2D eigenvalue weighted by Crippen LogP contribution is -2.29. The van der Waals surface area contributed by atoms with Gasteiger partial charge in [-0.3, -0.25) is 0 Å². The number of nitrogens with one attached hydrogen (secondary N) is 1. The van der Waals surface area contributed by atoms with Crippen LogP contribution in [0.2, 0.25) is 0 Å². The first-order valence-corrected chi connectivity index (χ1v) is 4.85. The van der Waals surface area contributed by atoms with E-state index in [0.29, 0.717) is 12.5 Å². The van der Waals surface area contributed by atoms with Crippen LogP contribution < -0.4 is 11.1 Å². The Morgan fingerprint density at radius 2 is 2.20 bits per heavy atom. The molecule has 1 rings (SSSR count). The first kappa shape index (κ1) is 11.4. The van der Waals surface area contributed by atoms with Crippen molar-refractivity contribution in [2.75, 3.05) is 0 Å². The molecular formula is C11H16N2O2. The zero-order valence-corrected chi connectivity index (χ0v) is 8.95. The highest BCUT2D eigenvalue weighted by Gasteiger charge is 2.07. The number of urea groups is 1. The molecule has 0 aliphatic heterocycles. The van der Waals surface area contributed by atoms with Crippen molar-refractivity contribution in [1.29, 1.82) is 0 Å². The minimum Gasteiger partial charge on any atom is -0.508 e. The standard InChI is InChI=1S/C11H16N2O2/c1-7(2)10-4-3-9(14)5-8(10)6-13-11(12)15/h3-5,7,14H,6H2,1-2H3,(H3,12,13,15). The van der Waals surface area contributed by atoms with Crippen LogP contribution in [0.3, 0.4) is 0 Å². The molecule has 0 spiro atoms. The van der Waals surface area contributed by atoms with Crippen molar-refractivity contribution in [3.05, 3.63) is 29.3 Å². The number of rotatable bonds is 3. The molecular weight excluding hydrogens is 192 g/mol. The van der Waals surface area contributed by atoms with Gasteiger partial charge >= 0.3 is 6.03 Å². The molecule has 0 radical (unpaired) electrons. The average Bonchev–Trinajstić information content (AvgIpc) is 2.14. The van der Waals surface area contributed by atoms with Crippen molar-refractivity contribution in [3.8, 4) is 5.75 Å². The zero-order chi connectivity index (χ0) is 11.4. The van der Waals surface area contributed by atoms with Crippen molar-refractivity contribution in [3.63, 3.8) is 0 Å². The number of benzene rings is 1. The van der Waals surface area contributed by atoms with Gasteiger partial charge in [0.2, 0.25) is 0 Å². The van der Waals surface area contributed by atoms with E-state index in [2.05, 4.69) is 19.2 Å². The molecule has 0 unspecified atom stereocenters. The Morgan fingerprint density at radius 3 is 2.73 bits per heavy atom. The van der Waals surface area contributed by atoms with Crippen molar-refractivity contribution in [2.24, 2.45) is 5.73 Å². The molecule has 4 heteroatoms. The number of phenols is 1. The fourth-order valence-electron chi connectivity index (χ4n) is 1.49. The van der Waals surface area contributed by atoms with Crippen LogP contribution in [0.5, 0.6) is 5.75 Å². The normalized spacial score (nSPS) is 10.3. The molecule has 0 aromatic heterocycles. The maximum atomic E-state index is 10.6. The topological polar surface area (TPSA) is 75.3 Å². The fourth-order valence-corrected chi connectivity index (χ4v) is 1.49. The Morgan fingerprint density at radius 1 is 1.53 bits per heavy atom. The van der Waals surface area contributed by atoms with Gasteiger partial charge in [0.25, 0.3) is 0 Å². The van der Waals surface area contributed by atoms with E-state index in [1.807, 2.05) is 6.07 Å². The van der Waals surface area contributed by atoms with Gasteiger partial charge in [-0.1, -0.05) is 19.9 Å². The van der Waals surface area contributed by atoms with Crippen LogP contribution in [0.15, 0.2) is 18.2 Å². The summed E-state index contributed by atoms with van der Waals surface area (Å²) in [6, 6.07) is 4.58. The number of phenolic OH excluding ortho intramolecular Hbond substituents is 1. The monoisotopic (exact) mass is 208 g/mol. The molecule has 0 heterocycles. The lowest BCUT2D eigenvalue weighted by atomic mass is 9.97. The van der Waals surface area contributed by atoms with Crippen LogP contribution >= 0.6 is 0 Å². The van der Waals surface area contributed by atoms with Crippen molar-refractivity contribution in [2.45, 2.75) is 26.3 Å². The first-order chi connectivity index (χ1) is 7.00. The third kappa shape index (κ3) is 3.16. The minimum atomic E-state index is -0.562. The second-order valence-electron chi connectivity index (χ2n) is 3.76. The molecule has 2 amide bonds. The summed E-state index contributed by atoms with van der Waals surface area (Å²) in [4.78, 5) is 10.6. The third-order valence-corrected chi connectivity index (χ3v) is 2.20. The van der Waals surface area contributed by atoms with Gasteiger partial charge in [-0.05, 0) is 29.2 Å². The van der Waals surface area contributed by atoms with Crippen LogP contribution in [0.4, 0.5) is 4.79 Å². The Bertz CT molecular complexity index is 362. The lowest BCUT2D eigenvalue weighted by Gasteiger charge is -2.13. The molecule has 4 N–H and O–H groups in total. The number of hydrogen-bond donors (Lipinski definition) is 3. The Labute approximate surface area is 89.1 Å². The summed E-state index contributed by atoms with van der Waals surface area (Å²) < 4.78 is 0. The summed E-state index contributed by atoms with van der Waals surface area (Å²) in [5.41, 5.74) is 6.98. The van der Waals surface area contributed by atoms with Crippen LogP contribution in [0, 0.1) is 0 Å².